The number of thiazole rings is 1. The molecule has 2 aromatic rings. The maximum Gasteiger partial charge on any atom is 0.252 e. The highest BCUT2D eigenvalue weighted by atomic mass is 32.1. The van der Waals surface area contributed by atoms with Crippen LogP contribution in [0.3, 0.4) is 0 Å². The smallest absolute Gasteiger partial charge is 0.252 e. The van der Waals surface area contributed by atoms with Crippen molar-refractivity contribution in [2.45, 2.75) is 13.5 Å². The SMILES string of the molecule is COCC(=O)Nc1nc(-c2ccc(CNC(C)=O)s2)cs1. The number of thiophene rings is 1. The van der Waals surface area contributed by atoms with Gasteiger partial charge in [0.1, 0.15) is 6.61 Å². The average Bonchev–Trinajstić information content (AvgIpc) is 3.05. The number of hydrogen-bond donors (Lipinski definition) is 2. The summed E-state index contributed by atoms with van der Waals surface area (Å²) in [5, 5.41) is 7.86. The van der Waals surface area contributed by atoms with Gasteiger partial charge in [-0.3, -0.25) is 14.9 Å². The van der Waals surface area contributed by atoms with Gasteiger partial charge in [0.25, 0.3) is 5.91 Å². The quantitative estimate of drug-likeness (QED) is 0.852. The van der Waals surface area contributed by atoms with Gasteiger partial charge in [0.05, 0.1) is 17.1 Å². The summed E-state index contributed by atoms with van der Waals surface area (Å²) in [6, 6.07) is 3.91. The fourth-order valence-electron chi connectivity index (χ4n) is 1.55. The third-order valence-corrected chi connectivity index (χ3v) is 4.32. The molecular formula is C13H15N3O3S2. The lowest BCUT2D eigenvalue weighted by Crippen LogP contribution is -2.17. The number of anilines is 1. The molecule has 0 unspecified atom stereocenters. The Balaban J connectivity index is 2.00. The van der Waals surface area contributed by atoms with Crippen LogP contribution in [0.2, 0.25) is 0 Å². The van der Waals surface area contributed by atoms with Crippen LogP contribution in [0, 0.1) is 0 Å². The Kier molecular flexibility index (Phi) is 5.43. The summed E-state index contributed by atoms with van der Waals surface area (Å²) in [5.74, 6) is -0.280. The van der Waals surface area contributed by atoms with E-state index in [4.69, 9.17) is 4.74 Å². The van der Waals surface area contributed by atoms with Gasteiger partial charge >= 0.3 is 0 Å². The van der Waals surface area contributed by atoms with Crippen molar-refractivity contribution in [3.05, 3.63) is 22.4 Å². The van der Waals surface area contributed by atoms with E-state index >= 15 is 0 Å². The molecule has 2 aromatic heterocycles. The maximum atomic E-state index is 11.4. The molecule has 2 amide bonds. The highest BCUT2D eigenvalue weighted by Crippen LogP contribution is 2.30. The summed E-state index contributed by atoms with van der Waals surface area (Å²) < 4.78 is 4.75. The first-order chi connectivity index (χ1) is 10.1. The van der Waals surface area contributed by atoms with E-state index in [9.17, 15) is 9.59 Å². The molecule has 8 heteroatoms. The molecule has 0 atom stereocenters. The molecule has 0 bridgehead atoms. The van der Waals surface area contributed by atoms with Crippen LogP contribution in [-0.2, 0) is 20.9 Å². The molecule has 0 saturated heterocycles. The second-order valence-electron chi connectivity index (χ2n) is 4.19. The van der Waals surface area contributed by atoms with E-state index in [0.717, 1.165) is 15.4 Å². The van der Waals surface area contributed by atoms with Gasteiger partial charge in [0, 0.05) is 24.3 Å². The zero-order valence-electron chi connectivity index (χ0n) is 11.6. The van der Waals surface area contributed by atoms with E-state index in [1.165, 1.54) is 25.4 Å². The monoisotopic (exact) mass is 325 g/mol. The molecule has 0 fully saturated rings. The Hall–Kier alpha value is -1.77. The largest absolute Gasteiger partial charge is 0.375 e. The Labute approximate surface area is 130 Å². The highest BCUT2D eigenvalue weighted by Gasteiger charge is 2.10. The van der Waals surface area contributed by atoms with E-state index in [-0.39, 0.29) is 18.4 Å². The Bertz CT molecular complexity index is 636. The fourth-order valence-corrected chi connectivity index (χ4v) is 3.26. The van der Waals surface area contributed by atoms with Gasteiger partial charge in [0.15, 0.2) is 5.13 Å². The van der Waals surface area contributed by atoms with E-state index in [1.807, 2.05) is 17.5 Å². The summed E-state index contributed by atoms with van der Waals surface area (Å²) in [5.41, 5.74) is 0.812. The summed E-state index contributed by atoms with van der Waals surface area (Å²) in [6.45, 7) is 2.01. The van der Waals surface area contributed by atoms with Crippen LogP contribution in [-0.4, -0.2) is 30.5 Å². The van der Waals surface area contributed by atoms with Crippen LogP contribution in [0.4, 0.5) is 5.13 Å². The Morgan fingerprint density at radius 3 is 2.90 bits per heavy atom. The van der Waals surface area contributed by atoms with Gasteiger partial charge in [-0.25, -0.2) is 4.98 Å². The van der Waals surface area contributed by atoms with Crippen molar-refractivity contribution in [1.82, 2.24) is 10.3 Å². The minimum absolute atomic E-state index is 0.00871. The number of nitrogens with one attached hydrogen (secondary N) is 2. The van der Waals surface area contributed by atoms with Crippen molar-refractivity contribution in [2.24, 2.45) is 0 Å². The predicted molar refractivity (Wildman–Crippen MR) is 83.5 cm³/mol. The first kappa shape index (κ1) is 15.6. The van der Waals surface area contributed by atoms with Gasteiger partial charge in [-0.2, -0.15) is 0 Å². The summed E-state index contributed by atoms with van der Waals surface area (Å²) >= 11 is 2.93. The maximum absolute atomic E-state index is 11.4. The zero-order valence-corrected chi connectivity index (χ0v) is 13.3. The third kappa shape index (κ3) is 4.62. The van der Waals surface area contributed by atoms with E-state index < -0.39 is 0 Å². The first-order valence-corrected chi connectivity index (χ1v) is 7.86. The summed E-state index contributed by atoms with van der Waals surface area (Å²) in [7, 11) is 1.47. The van der Waals surface area contributed by atoms with Gasteiger partial charge < -0.3 is 10.1 Å². The number of carbonyl (C=O) groups is 2. The third-order valence-electron chi connectivity index (χ3n) is 2.45. The number of methoxy groups -OCH3 is 1. The van der Waals surface area contributed by atoms with Crippen molar-refractivity contribution in [2.75, 3.05) is 19.0 Å². The lowest BCUT2D eigenvalue weighted by Gasteiger charge is -1.98. The molecule has 112 valence electrons. The Morgan fingerprint density at radius 1 is 1.38 bits per heavy atom. The molecule has 0 aliphatic heterocycles. The average molecular weight is 325 g/mol. The normalized spacial score (nSPS) is 10.4. The van der Waals surface area contributed by atoms with Crippen molar-refractivity contribution in [3.63, 3.8) is 0 Å². The van der Waals surface area contributed by atoms with Crippen molar-refractivity contribution in [3.8, 4) is 10.6 Å². The lowest BCUT2D eigenvalue weighted by molar-refractivity contribution is -0.120. The van der Waals surface area contributed by atoms with Crippen molar-refractivity contribution >= 4 is 39.6 Å². The van der Waals surface area contributed by atoms with Gasteiger partial charge in [0.2, 0.25) is 5.91 Å². The number of ether oxygens (including phenoxy) is 1. The second-order valence-corrected chi connectivity index (χ2v) is 6.22. The van der Waals surface area contributed by atoms with Gasteiger partial charge in [-0.15, -0.1) is 22.7 Å². The fraction of sp³-hybridized carbons (Fsp3) is 0.308. The number of rotatable bonds is 6. The highest BCUT2D eigenvalue weighted by molar-refractivity contribution is 7.17. The van der Waals surface area contributed by atoms with Crippen LogP contribution in [0.25, 0.3) is 10.6 Å². The molecule has 0 aliphatic rings. The molecule has 21 heavy (non-hydrogen) atoms. The molecule has 2 rings (SSSR count). The van der Waals surface area contributed by atoms with Crippen molar-refractivity contribution < 1.29 is 14.3 Å². The molecule has 0 radical (unpaired) electrons. The number of aromatic nitrogens is 1. The van der Waals surface area contributed by atoms with Crippen LogP contribution in [0.15, 0.2) is 17.5 Å². The van der Waals surface area contributed by atoms with Crippen molar-refractivity contribution in [1.29, 1.82) is 0 Å². The molecule has 0 spiro atoms. The molecule has 2 heterocycles. The molecule has 6 nitrogen and oxygen atoms in total. The van der Waals surface area contributed by atoms with E-state index in [1.54, 1.807) is 11.3 Å². The van der Waals surface area contributed by atoms with Gasteiger partial charge in [-0.05, 0) is 12.1 Å². The topological polar surface area (TPSA) is 80.3 Å². The predicted octanol–water partition coefficient (Wildman–Crippen LogP) is 2.09. The minimum atomic E-state index is -0.226. The molecule has 0 aliphatic carbocycles. The second kappa shape index (κ2) is 7.30. The minimum Gasteiger partial charge on any atom is -0.375 e. The van der Waals surface area contributed by atoms with Crippen LogP contribution in [0.1, 0.15) is 11.8 Å². The number of hydrogen-bond acceptors (Lipinski definition) is 6. The molecular weight excluding hydrogens is 310 g/mol. The molecule has 2 N–H and O–H groups in total. The zero-order chi connectivity index (χ0) is 15.2. The summed E-state index contributed by atoms with van der Waals surface area (Å²) in [4.78, 5) is 28.7. The van der Waals surface area contributed by atoms with Crippen LogP contribution >= 0.6 is 22.7 Å². The van der Waals surface area contributed by atoms with E-state index in [2.05, 4.69) is 15.6 Å². The van der Waals surface area contributed by atoms with Gasteiger partial charge in [-0.1, -0.05) is 0 Å². The number of amides is 2. The number of carbonyl (C=O) groups excluding carboxylic acids is 2. The summed E-state index contributed by atoms with van der Waals surface area (Å²) in [6.07, 6.45) is 0. The molecule has 0 aromatic carbocycles. The number of nitrogens with zero attached hydrogens (tertiary/aromatic N) is 1. The first-order valence-electron chi connectivity index (χ1n) is 6.16. The van der Waals surface area contributed by atoms with E-state index in [0.29, 0.717) is 11.7 Å². The van der Waals surface area contributed by atoms with Crippen LogP contribution < -0.4 is 10.6 Å². The standard InChI is InChI=1S/C13H15N3O3S2/c1-8(17)14-5-9-3-4-11(21-9)10-7-20-13(15-10)16-12(18)6-19-2/h3-4,7H,5-6H2,1-2H3,(H,14,17)(H,15,16,18). The Morgan fingerprint density at radius 2 is 2.19 bits per heavy atom. The lowest BCUT2D eigenvalue weighted by atomic mass is 10.3. The van der Waals surface area contributed by atoms with Crippen LogP contribution in [0.5, 0.6) is 0 Å². The molecule has 0 saturated carbocycles.